The van der Waals surface area contributed by atoms with Crippen LogP contribution in [0.5, 0.6) is 0 Å². The molecule has 0 aliphatic heterocycles. The molecular formula is C6H6O. The lowest BCUT2D eigenvalue weighted by Crippen LogP contribution is -1.45. The van der Waals surface area contributed by atoms with Crippen LogP contribution in [0.1, 0.15) is 0 Å². The number of allylic oxidation sites excluding steroid dienone is 4. The number of hydrogen-bond acceptors (Lipinski definition) is 1. The summed E-state index contributed by atoms with van der Waals surface area (Å²) in [6.07, 6.45) is 6.10. The Morgan fingerprint density at radius 1 is 1.43 bits per heavy atom. The van der Waals surface area contributed by atoms with Crippen LogP contribution >= 0.6 is 0 Å². The van der Waals surface area contributed by atoms with Crippen molar-refractivity contribution in [3.05, 3.63) is 30.9 Å². The van der Waals surface area contributed by atoms with E-state index in [0.717, 1.165) is 0 Å². The van der Waals surface area contributed by atoms with Crippen LogP contribution in [0, 0.1) is 0 Å². The van der Waals surface area contributed by atoms with Crippen LogP contribution in [-0.2, 0) is 4.79 Å². The van der Waals surface area contributed by atoms with Gasteiger partial charge in [-0.2, -0.15) is 0 Å². The Bertz CT molecular complexity index is 116. The van der Waals surface area contributed by atoms with Crippen molar-refractivity contribution in [2.75, 3.05) is 0 Å². The van der Waals surface area contributed by atoms with Crippen molar-refractivity contribution in [2.24, 2.45) is 0 Å². The highest BCUT2D eigenvalue weighted by Crippen LogP contribution is 1.69. The zero-order valence-electron chi connectivity index (χ0n) is 3.92. The second-order valence-corrected chi connectivity index (χ2v) is 0.905. The van der Waals surface area contributed by atoms with Gasteiger partial charge < -0.3 is 0 Å². The van der Waals surface area contributed by atoms with Gasteiger partial charge in [0.2, 0.25) is 0 Å². The molecule has 0 heterocycles. The fraction of sp³-hybridized carbons (Fsp3) is 0. The molecule has 0 amide bonds. The minimum Gasteiger partial charge on any atom is -0.234 e. The average molecular weight is 94.1 g/mol. The van der Waals surface area contributed by atoms with Crippen molar-refractivity contribution in [3.8, 4) is 0 Å². The summed E-state index contributed by atoms with van der Waals surface area (Å²) in [6.45, 7) is 3.40. The molecule has 0 spiro atoms. The Hall–Kier alpha value is -1.07. The van der Waals surface area contributed by atoms with Crippen molar-refractivity contribution in [1.82, 2.24) is 0 Å². The van der Waals surface area contributed by atoms with Crippen LogP contribution in [-0.4, -0.2) is 5.94 Å². The van der Waals surface area contributed by atoms with Gasteiger partial charge in [-0.15, -0.1) is 0 Å². The molecule has 0 aromatic rings. The molecule has 7 heavy (non-hydrogen) atoms. The van der Waals surface area contributed by atoms with Gasteiger partial charge >= 0.3 is 0 Å². The molecule has 0 unspecified atom stereocenters. The number of carbonyl (C=O) groups excluding carboxylic acids is 1. The van der Waals surface area contributed by atoms with E-state index in [2.05, 4.69) is 6.58 Å². The smallest absolute Gasteiger partial charge is 0.124 e. The molecule has 0 aliphatic rings. The summed E-state index contributed by atoms with van der Waals surface area (Å²) < 4.78 is 0. The zero-order valence-corrected chi connectivity index (χ0v) is 3.92. The van der Waals surface area contributed by atoms with Gasteiger partial charge in [-0.3, -0.25) is 0 Å². The summed E-state index contributed by atoms with van der Waals surface area (Å²) in [7, 11) is 0. The molecule has 1 heteroatoms. The molecule has 36 valence electrons. The first kappa shape index (κ1) is 5.93. The van der Waals surface area contributed by atoms with E-state index in [9.17, 15) is 4.79 Å². The monoisotopic (exact) mass is 94.0 g/mol. The van der Waals surface area contributed by atoms with Gasteiger partial charge in [-0.1, -0.05) is 24.8 Å². The largest absolute Gasteiger partial charge is 0.234 e. The third-order valence-corrected chi connectivity index (χ3v) is 0.411. The summed E-state index contributed by atoms with van der Waals surface area (Å²) in [5, 5.41) is 0. The van der Waals surface area contributed by atoms with E-state index in [0.29, 0.717) is 0 Å². The van der Waals surface area contributed by atoms with Gasteiger partial charge in [0.05, 0.1) is 0 Å². The fourth-order valence-corrected chi connectivity index (χ4v) is 0.173. The van der Waals surface area contributed by atoms with Crippen molar-refractivity contribution in [2.45, 2.75) is 0 Å². The minimum atomic E-state index is 1.28. The molecule has 0 saturated carbocycles. The molecule has 0 fully saturated rings. The molecule has 0 aromatic carbocycles. The van der Waals surface area contributed by atoms with Gasteiger partial charge in [0.25, 0.3) is 0 Å². The lowest BCUT2D eigenvalue weighted by Gasteiger charge is -1.59. The van der Waals surface area contributed by atoms with E-state index in [4.69, 9.17) is 0 Å². The fourth-order valence-electron chi connectivity index (χ4n) is 0.173. The molecule has 1 nitrogen and oxygen atoms in total. The molecule has 0 radical (unpaired) electrons. The second-order valence-electron chi connectivity index (χ2n) is 0.905. The maximum Gasteiger partial charge on any atom is 0.124 e. The van der Waals surface area contributed by atoms with E-state index in [1.165, 1.54) is 6.08 Å². The van der Waals surface area contributed by atoms with Crippen molar-refractivity contribution < 1.29 is 4.79 Å². The third-order valence-electron chi connectivity index (χ3n) is 0.411. The predicted octanol–water partition coefficient (Wildman–Crippen LogP) is 1.12. The highest BCUT2D eigenvalue weighted by atomic mass is 16.1. The topological polar surface area (TPSA) is 17.1 Å². The van der Waals surface area contributed by atoms with E-state index >= 15 is 0 Å². The second kappa shape index (κ2) is 4.93. The summed E-state index contributed by atoms with van der Waals surface area (Å²) in [5.41, 5.74) is 0. The Morgan fingerprint density at radius 3 is 2.57 bits per heavy atom. The minimum absolute atomic E-state index is 1.28. The van der Waals surface area contributed by atoms with Crippen LogP contribution in [0.2, 0.25) is 0 Å². The van der Waals surface area contributed by atoms with Crippen LogP contribution in [0.25, 0.3) is 0 Å². The third kappa shape index (κ3) is 4.93. The van der Waals surface area contributed by atoms with Gasteiger partial charge in [-0.05, 0) is 0 Å². The quantitative estimate of drug-likeness (QED) is 0.370. The molecule has 0 aromatic heterocycles. The molecule has 0 rings (SSSR count). The Morgan fingerprint density at radius 2 is 2.14 bits per heavy atom. The normalized spacial score (nSPS) is 8.00. The maximum absolute atomic E-state index is 9.41. The van der Waals surface area contributed by atoms with Gasteiger partial charge in [0, 0.05) is 6.08 Å². The zero-order chi connectivity index (χ0) is 5.54. The van der Waals surface area contributed by atoms with E-state index in [1.807, 2.05) is 0 Å². The molecule has 0 N–H and O–H groups in total. The van der Waals surface area contributed by atoms with Gasteiger partial charge in [-0.25, -0.2) is 4.79 Å². The van der Waals surface area contributed by atoms with Gasteiger partial charge in [0.1, 0.15) is 5.94 Å². The Balaban J connectivity index is 3.47. The highest BCUT2D eigenvalue weighted by Gasteiger charge is 1.53. The number of rotatable bonds is 2. The summed E-state index contributed by atoms with van der Waals surface area (Å²) in [5.74, 6) is 1.59. The molecule has 0 bridgehead atoms. The van der Waals surface area contributed by atoms with E-state index in [-0.39, 0.29) is 0 Å². The van der Waals surface area contributed by atoms with Crippen LogP contribution in [0.3, 0.4) is 0 Å². The lowest BCUT2D eigenvalue weighted by molar-refractivity contribution is 0.569. The molecule has 0 saturated heterocycles. The summed E-state index contributed by atoms with van der Waals surface area (Å²) >= 11 is 0. The average Bonchev–Trinajstić information content (AvgIpc) is 1.69. The summed E-state index contributed by atoms with van der Waals surface area (Å²) in [4.78, 5) is 9.41. The predicted molar refractivity (Wildman–Crippen MR) is 29.6 cm³/mol. The molecular weight excluding hydrogens is 88.1 g/mol. The number of hydrogen-bond donors (Lipinski definition) is 0. The Labute approximate surface area is 42.7 Å². The van der Waals surface area contributed by atoms with Crippen LogP contribution < -0.4 is 0 Å². The standard InChI is InChI=1S/C6H6O/c1-2-3-4-5-6-7/h2-5H,1H2. The summed E-state index contributed by atoms with van der Waals surface area (Å²) in [6, 6.07) is 0. The first-order chi connectivity index (χ1) is 3.41. The SMILES string of the molecule is C=CC=CC=C=O. The van der Waals surface area contributed by atoms with Crippen molar-refractivity contribution >= 4 is 5.94 Å². The lowest BCUT2D eigenvalue weighted by atomic mass is 10.5. The Kier molecular flexibility index (Phi) is 4.18. The molecule has 0 atom stereocenters. The van der Waals surface area contributed by atoms with Gasteiger partial charge in [0.15, 0.2) is 0 Å². The van der Waals surface area contributed by atoms with Crippen LogP contribution in [0.15, 0.2) is 30.9 Å². The molecule has 0 aliphatic carbocycles. The first-order valence-electron chi connectivity index (χ1n) is 1.90. The highest BCUT2D eigenvalue weighted by molar-refractivity contribution is 5.48. The van der Waals surface area contributed by atoms with Crippen LogP contribution in [0.4, 0.5) is 0 Å². The first-order valence-corrected chi connectivity index (χ1v) is 1.90. The van der Waals surface area contributed by atoms with Crippen molar-refractivity contribution in [3.63, 3.8) is 0 Å². The van der Waals surface area contributed by atoms with E-state index < -0.39 is 0 Å². The van der Waals surface area contributed by atoms with E-state index in [1.54, 1.807) is 24.2 Å². The maximum atomic E-state index is 9.41. The van der Waals surface area contributed by atoms with Crippen molar-refractivity contribution in [1.29, 1.82) is 0 Å².